The molecule has 0 saturated heterocycles. The van der Waals surface area contributed by atoms with E-state index in [0.717, 1.165) is 6.54 Å². The molecule has 0 aromatic heterocycles. The van der Waals surface area contributed by atoms with Crippen molar-refractivity contribution >= 4 is 34.8 Å². The minimum Gasteiger partial charge on any atom is -0.330 e. The van der Waals surface area contributed by atoms with Crippen LogP contribution >= 0.6 is 23.2 Å². The van der Waals surface area contributed by atoms with E-state index in [1.807, 2.05) is 11.9 Å². The molecule has 0 heterocycles. The molecule has 0 aliphatic heterocycles. The van der Waals surface area contributed by atoms with Crippen LogP contribution in [0, 0.1) is 5.41 Å². The van der Waals surface area contributed by atoms with Gasteiger partial charge in [0.05, 0.1) is 22.3 Å². The number of rotatable bonds is 6. The first-order valence-electron chi connectivity index (χ1n) is 6.37. The number of benzene rings is 1. The summed E-state index contributed by atoms with van der Waals surface area (Å²) in [5, 5.41) is 3.59. The highest BCUT2D eigenvalue weighted by Gasteiger charge is 2.20. The molecule has 1 amide bonds. The molecular formula is C14H21Cl2N3O. The summed E-state index contributed by atoms with van der Waals surface area (Å²) >= 11 is 12.0. The Labute approximate surface area is 130 Å². The Morgan fingerprint density at radius 2 is 1.90 bits per heavy atom. The molecule has 6 heteroatoms. The summed E-state index contributed by atoms with van der Waals surface area (Å²) in [6, 6.07) is 5.10. The van der Waals surface area contributed by atoms with E-state index in [0.29, 0.717) is 22.3 Å². The van der Waals surface area contributed by atoms with Crippen molar-refractivity contribution < 1.29 is 4.79 Å². The maximum Gasteiger partial charge on any atom is 0.238 e. The molecule has 0 aliphatic carbocycles. The van der Waals surface area contributed by atoms with E-state index >= 15 is 0 Å². The average Bonchev–Trinajstić information content (AvgIpc) is 2.33. The number of hydrogen-bond donors (Lipinski definition) is 2. The number of nitrogens with two attached hydrogens (primary N) is 1. The fourth-order valence-corrected chi connectivity index (χ4v) is 2.38. The van der Waals surface area contributed by atoms with Gasteiger partial charge in [0.2, 0.25) is 5.91 Å². The highest BCUT2D eigenvalue weighted by molar-refractivity contribution is 6.39. The van der Waals surface area contributed by atoms with Gasteiger partial charge in [-0.05, 0) is 31.1 Å². The molecule has 112 valence electrons. The lowest BCUT2D eigenvalue weighted by Gasteiger charge is -2.28. The third-order valence-electron chi connectivity index (χ3n) is 2.89. The first-order chi connectivity index (χ1) is 9.25. The Morgan fingerprint density at radius 3 is 2.40 bits per heavy atom. The molecule has 0 fully saturated rings. The molecule has 0 saturated carbocycles. The topological polar surface area (TPSA) is 58.4 Å². The predicted molar refractivity (Wildman–Crippen MR) is 85.4 cm³/mol. The van der Waals surface area contributed by atoms with E-state index in [1.165, 1.54) is 0 Å². The van der Waals surface area contributed by atoms with Crippen LogP contribution in [0.1, 0.15) is 13.8 Å². The zero-order valence-electron chi connectivity index (χ0n) is 12.0. The summed E-state index contributed by atoms with van der Waals surface area (Å²) in [7, 11) is 1.88. The van der Waals surface area contributed by atoms with Crippen LogP contribution in [0.15, 0.2) is 18.2 Å². The molecule has 1 aromatic carbocycles. The van der Waals surface area contributed by atoms with E-state index in [9.17, 15) is 4.79 Å². The fraction of sp³-hybridized carbons (Fsp3) is 0.500. The van der Waals surface area contributed by atoms with Crippen LogP contribution in [0.4, 0.5) is 5.69 Å². The second kappa shape index (κ2) is 7.27. The van der Waals surface area contributed by atoms with Gasteiger partial charge < -0.3 is 11.1 Å². The number of carbonyl (C=O) groups is 1. The van der Waals surface area contributed by atoms with E-state index < -0.39 is 0 Å². The van der Waals surface area contributed by atoms with Gasteiger partial charge in [-0.1, -0.05) is 43.1 Å². The Bertz CT molecular complexity index is 457. The van der Waals surface area contributed by atoms with Gasteiger partial charge in [0.15, 0.2) is 0 Å². The number of likely N-dealkylation sites (N-methyl/N-ethyl adjacent to an activating group) is 1. The molecule has 0 aliphatic rings. The summed E-state index contributed by atoms with van der Waals surface area (Å²) < 4.78 is 0. The van der Waals surface area contributed by atoms with Crippen LogP contribution in [0.25, 0.3) is 0 Å². The summed E-state index contributed by atoms with van der Waals surface area (Å²) in [6.45, 7) is 5.67. The van der Waals surface area contributed by atoms with Crippen molar-refractivity contribution in [3.8, 4) is 0 Å². The van der Waals surface area contributed by atoms with Gasteiger partial charge in [-0.15, -0.1) is 0 Å². The molecule has 20 heavy (non-hydrogen) atoms. The molecule has 3 N–H and O–H groups in total. The molecule has 0 radical (unpaired) electrons. The molecule has 4 nitrogen and oxygen atoms in total. The summed E-state index contributed by atoms with van der Waals surface area (Å²) in [5.41, 5.74) is 6.11. The molecular weight excluding hydrogens is 297 g/mol. The van der Waals surface area contributed by atoms with E-state index in [4.69, 9.17) is 28.9 Å². The normalized spacial score (nSPS) is 11.8. The van der Waals surface area contributed by atoms with E-state index in [1.54, 1.807) is 18.2 Å². The van der Waals surface area contributed by atoms with E-state index in [2.05, 4.69) is 19.2 Å². The second-order valence-electron chi connectivity index (χ2n) is 5.69. The molecule has 0 spiro atoms. The minimum atomic E-state index is -0.157. The molecule has 0 bridgehead atoms. The lowest BCUT2D eigenvalue weighted by molar-refractivity contribution is -0.117. The van der Waals surface area contributed by atoms with Crippen molar-refractivity contribution in [2.75, 3.05) is 32.0 Å². The van der Waals surface area contributed by atoms with Crippen LogP contribution in [0.5, 0.6) is 0 Å². The quantitative estimate of drug-likeness (QED) is 0.848. The number of amides is 1. The Balaban J connectivity index is 2.60. The zero-order chi connectivity index (χ0) is 15.3. The van der Waals surface area contributed by atoms with Gasteiger partial charge in [-0.2, -0.15) is 0 Å². The van der Waals surface area contributed by atoms with Crippen molar-refractivity contribution in [3.63, 3.8) is 0 Å². The Hall–Kier alpha value is -0.810. The highest BCUT2D eigenvalue weighted by atomic mass is 35.5. The maximum atomic E-state index is 12.0. The minimum absolute atomic E-state index is 0.0307. The van der Waals surface area contributed by atoms with Crippen molar-refractivity contribution in [3.05, 3.63) is 28.2 Å². The number of nitrogens with one attached hydrogen (secondary N) is 1. The lowest BCUT2D eigenvalue weighted by Crippen LogP contribution is -2.40. The van der Waals surface area contributed by atoms with Crippen molar-refractivity contribution in [2.24, 2.45) is 11.1 Å². The number of hydrogen-bond acceptors (Lipinski definition) is 3. The first-order valence-corrected chi connectivity index (χ1v) is 7.13. The highest BCUT2D eigenvalue weighted by Crippen LogP contribution is 2.29. The van der Waals surface area contributed by atoms with E-state index in [-0.39, 0.29) is 17.9 Å². The zero-order valence-corrected chi connectivity index (χ0v) is 13.6. The largest absolute Gasteiger partial charge is 0.330 e. The second-order valence-corrected chi connectivity index (χ2v) is 6.50. The Morgan fingerprint density at radius 1 is 1.35 bits per heavy atom. The number of anilines is 1. The number of carbonyl (C=O) groups excluding carboxylic acids is 1. The van der Waals surface area contributed by atoms with Gasteiger partial charge in [-0.25, -0.2) is 0 Å². The molecule has 1 aromatic rings. The molecule has 0 unspecified atom stereocenters. The summed E-state index contributed by atoms with van der Waals surface area (Å²) in [4.78, 5) is 13.9. The van der Waals surface area contributed by atoms with Crippen LogP contribution in [-0.4, -0.2) is 37.5 Å². The number of halogens is 2. The SMILES string of the molecule is CN(CC(=O)Nc1c(Cl)cccc1Cl)CC(C)(C)CN. The summed E-state index contributed by atoms with van der Waals surface area (Å²) in [5.74, 6) is -0.157. The van der Waals surface area contributed by atoms with Gasteiger partial charge in [0.25, 0.3) is 0 Å². The summed E-state index contributed by atoms with van der Waals surface area (Å²) in [6.07, 6.45) is 0. The van der Waals surface area contributed by atoms with Crippen molar-refractivity contribution in [2.45, 2.75) is 13.8 Å². The number of nitrogens with zero attached hydrogens (tertiary/aromatic N) is 1. The van der Waals surface area contributed by atoms with Gasteiger partial charge >= 0.3 is 0 Å². The van der Waals surface area contributed by atoms with Crippen LogP contribution < -0.4 is 11.1 Å². The Kier molecular flexibility index (Phi) is 6.27. The third-order valence-corrected chi connectivity index (χ3v) is 3.52. The van der Waals surface area contributed by atoms with Crippen LogP contribution in [-0.2, 0) is 4.79 Å². The van der Waals surface area contributed by atoms with Crippen molar-refractivity contribution in [1.82, 2.24) is 4.90 Å². The maximum absolute atomic E-state index is 12.0. The fourth-order valence-electron chi connectivity index (χ4n) is 1.89. The molecule has 0 atom stereocenters. The average molecular weight is 318 g/mol. The smallest absolute Gasteiger partial charge is 0.238 e. The van der Waals surface area contributed by atoms with Crippen LogP contribution in [0.2, 0.25) is 10.0 Å². The third kappa shape index (κ3) is 5.29. The standard InChI is InChI=1S/C14H21Cl2N3O/c1-14(2,8-17)9-19(3)7-12(20)18-13-10(15)5-4-6-11(13)16/h4-6H,7-9,17H2,1-3H3,(H,18,20). The van der Waals surface area contributed by atoms with Crippen molar-refractivity contribution in [1.29, 1.82) is 0 Å². The first kappa shape index (κ1) is 17.2. The predicted octanol–water partition coefficient (Wildman–Crippen LogP) is 2.85. The lowest BCUT2D eigenvalue weighted by atomic mass is 9.93. The monoisotopic (exact) mass is 317 g/mol. The number of para-hydroxylation sites is 1. The van der Waals surface area contributed by atoms with Crippen LogP contribution in [0.3, 0.4) is 0 Å². The van der Waals surface area contributed by atoms with Gasteiger partial charge in [0.1, 0.15) is 0 Å². The molecule has 1 rings (SSSR count). The van der Waals surface area contributed by atoms with Gasteiger partial charge in [0, 0.05) is 6.54 Å². The van der Waals surface area contributed by atoms with Gasteiger partial charge in [-0.3, -0.25) is 9.69 Å².